The van der Waals surface area contributed by atoms with Crippen LogP contribution in [-0.4, -0.2) is 22.8 Å². The molecule has 0 spiro atoms. The maximum absolute atomic E-state index is 12.4. The van der Waals surface area contributed by atoms with Gasteiger partial charge >= 0.3 is 0 Å². The highest BCUT2D eigenvalue weighted by molar-refractivity contribution is 5.92. The molecule has 1 atom stereocenters. The Morgan fingerprint density at radius 3 is 2.35 bits per heavy atom. The second-order valence-corrected chi connectivity index (χ2v) is 5.65. The zero-order valence-electron chi connectivity index (χ0n) is 13.7. The van der Waals surface area contributed by atoms with Crippen LogP contribution in [0.25, 0.3) is 0 Å². The van der Waals surface area contributed by atoms with E-state index in [4.69, 9.17) is 4.74 Å². The summed E-state index contributed by atoms with van der Waals surface area (Å²) >= 11 is 0. The van der Waals surface area contributed by atoms with E-state index in [1.807, 2.05) is 38.1 Å². The number of ether oxygens (including phenoxy) is 1. The van der Waals surface area contributed by atoms with Crippen molar-refractivity contribution in [1.82, 2.24) is 15.1 Å². The Morgan fingerprint density at radius 1 is 1.17 bits per heavy atom. The molecular weight excluding hydrogens is 294 g/mol. The number of methoxy groups -OCH3 is 1. The molecule has 0 bridgehead atoms. The highest BCUT2D eigenvalue weighted by Gasteiger charge is 2.20. The Morgan fingerprint density at radius 2 is 1.83 bits per heavy atom. The molecule has 0 saturated heterocycles. The number of aryl methyl sites for hydroxylation is 1. The first-order chi connectivity index (χ1) is 10.9. The van der Waals surface area contributed by atoms with Gasteiger partial charge in [-0.25, -0.2) is 4.68 Å². The maximum atomic E-state index is 12.4. The van der Waals surface area contributed by atoms with E-state index >= 15 is 0 Å². The smallest absolute Gasteiger partial charge is 0.272 e. The van der Waals surface area contributed by atoms with Crippen molar-refractivity contribution in [1.29, 1.82) is 0 Å². The number of hydrogen-bond donors (Lipinski definition) is 1. The number of nitrogens with zero attached hydrogens (tertiary/aromatic N) is 2. The zero-order chi connectivity index (χ0) is 17.0. The molecule has 2 aromatic rings. The van der Waals surface area contributed by atoms with Gasteiger partial charge in [0.15, 0.2) is 0 Å². The highest BCUT2D eigenvalue weighted by atomic mass is 16.5. The molecule has 0 saturated carbocycles. The third kappa shape index (κ3) is 3.97. The van der Waals surface area contributed by atoms with E-state index in [1.54, 1.807) is 7.11 Å². The quantitative estimate of drug-likeness (QED) is 0.915. The van der Waals surface area contributed by atoms with Gasteiger partial charge in [-0.3, -0.25) is 9.59 Å². The lowest BCUT2D eigenvalue weighted by Crippen LogP contribution is -2.33. The van der Waals surface area contributed by atoms with Crippen LogP contribution in [0.1, 0.15) is 35.9 Å². The van der Waals surface area contributed by atoms with Crippen molar-refractivity contribution in [3.05, 3.63) is 58.0 Å². The van der Waals surface area contributed by atoms with Crippen LogP contribution in [0.15, 0.2) is 41.2 Å². The average Bonchev–Trinajstić information content (AvgIpc) is 2.54. The van der Waals surface area contributed by atoms with E-state index in [9.17, 15) is 9.59 Å². The molecule has 0 aliphatic heterocycles. The largest absolute Gasteiger partial charge is 0.497 e. The summed E-state index contributed by atoms with van der Waals surface area (Å²) in [5.74, 6) is 0.650. The third-order valence-electron chi connectivity index (χ3n) is 3.62. The molecule has 2 rings (SSSR count). The lowest BCUT2D eigenvalue weighted by Gasteiger charge is -2.23. The molecule has 0 unspecified atom stereocenters. The van der Waals surface area contributed by atoms with Gasteiger partial charge in [-0.1, -0.05) is 26.0 Å². The first-order valence-corrected chi connectivity index (χ1v) is 7.41. The summed E-state index contributed by atoms with van der Waals surface area (Å²) in [4.78, 5) is 23.8. The molecule has 1 amide bonds. The van der Waals surface area contributed by atoms with Gasteiger partial charge in [0.1, 0.15) is 11.4 Å². The van der Waals surface area contributed by atoms with Gasteiger partial charge in [0.2, 0.25) is 0 Å². The molecule has 0 fully saturated rings. The van der Waals surface area contributed by atoms with E-state index in [-0.39, 0.29) is 29.1 Å². The molecule has 1 aromatic carbocycles. The van der Waals surface area contributed by atoms with Gasteiger partial charge in [-0.05, 0) is 29.7 Å². The van der Waals surface area contributed by atoms with Crippen molar-refractivity contribution >= 4 is 5.91 Å². The first kappa shape index (κ1) is 16.7. The van der Waals surface area contributed by atoms with Gasteiger partial charge in [-0.2, -0.15) is 5.10 Å². The Kier molecular flexibility index (Phi) is 5.16. The van der Waals surface area contributed by atoms with Crippen LogP contribution < -0.4 is 15.6 Å². The minimum Gasteiger partial charge on any atom is -0.497 e. The summed E-state index contributed by atoms with van der Waals surface area (Å²) in [5.41, 5.74) is 0.947. The highest BCUT2D eigenvalue weighted by Crippen LogP contribution is 2.24. The van der Waals surface area contributed by atoms with Crippen LogP contribution in [0, 0.1) is 5.92 Å². The second-order valence-electron chi connectivity index (χ2n) is 5.65. The fourth-order valence-electron chi connectivity index (χ4n) is 2.28. The predicted molar refractivity (Wildman–Crippen MR) is 87.5 cm³/mol. The summed E-state index contributed by atoms with van der Waals surface area (Å²) < 4.78 is 6.30. The number of rotatable bonds is 5. The van der Waals surface area contributed by atoms with Gasteiger partial charge < -0.3 is 10.1 Å². The Bertz CT molecular complexity index is 735. The molecule has 1 N–H and O–H groups in total. The number of benzene rings is 1. The van der Waals surface area contributed by atoms with E-state index in [0.29, 0.717) is 0 Å². The minimum absolute atomic E-state index is 0.160. The number of carbonyl (C=O) groups is 1. The van der Waals surface area contributed by atoms with E-state index in [1.165, 1.54) is 19.2 Å². The molecule has 0 aliphatic rings. The molecule has 23 heavy (non-hydrogen) atoms. The standard InChI is InChI=1S/C17H21N3O3/c1-11(2)16(12-5-7-13(23-4)8-6-12)18-17(22)14-9-10-15(21)20(3)19-14/h5-11,16H,1-4H3,(H,18,22)/t16-/m0/s1. The normalized spacial score (nSPS) is 12.0. The van der Waals surface area contributed by atoms with Crippen LogP contribution in [0.4, 0.5) is 0 Å². The topological polar surface area (TPSA) is 73.2 Å². The van der Waals surface area contributed by atoms with Crippen LogP contribution in [0.2, 0.25) is 0 Å². The SMILES string of the molecule is COc1ccc([C@@H](NC(=O)c2ccc(=O)n(C)n2)C(C)C)cc1. The fourth-order valence-corrected chi connectivity index (χ4v) is 2.28. The van der Waals surface area contributed by atoms with Crippen LogP contribution in [-0.2, 0) is 7.05 Å². The maximum Gasteiger partial charge on any atom is 0.272 e. The summed E-state index contributed by atoms with van der Waals surface area (Å²) in [6.45, 7) is 4.06. The van der Waals surface area contributed by atoms with E-state index in [2.05, 4.69) is 10.4 Å². The lowest BCUT2D eigenvalue weighted by atomic mass is 9.96. The predicted octanol–water partition coefficient (Wildman–Crippen LogP) is 1.92. The molecule has 0 radical (unpaired) electrons. The van der Waals surface area contributed by atoms with Gasteiger partial charge in [0.25, 0.3) is 11.5 Å². The van der Waals surface area contributed by atoms with Crippen molar-refractivity contribution < 1.29 is 9.53 Å². The second kappa shape index (κ2) is 7.09. The summed E-state index contributed by atoms with van der Waals surface area (Å²) in [5, 5.41) is 6.95. The number of amides is 1. The van der Waals surface area contributed by atoms with Crippen LogP contribution in [0.5, 0.6) is 5.75 Å². The first-order valence-electron chi connectivity index (χ1n) is 7.41. The molecule has 6 heteroatoms. The Hall–Kier alpha value is -2.63. The molecule has 1 heterocycles. The summed E-state index contributed by atoms with van der Waals surface area (Å²) in [6.07, 6.45) is 0. The van der Waals surface area contributed by atoms with Crippen LogP contribution in [0.3, 0.4) is 0 Å². The fraction of sp³-hybridized carbons (Fsp3) is 0.353. The Balaban J connectivity index is 2.22. The van der Waals surface area contributed by atoms with E-state index < -0.39 is 0 Å². The molecular formula is C17H21N3O3. The monoisotopic (exact) mass is 315 g/mol. The number of carbonyl (C=O) groups excluding carboxylic acids is 1. The number of aromatic nitrogens is 2. The van der Waals surface area contributed by atoms with E-state index in [0.717, 1.165) is 16.0 Å². The molecule has 6 nitrogen and oxygen atoms in total. The van der Waals surface area contributed by atoms with Gasteiger partial charge in [0.05, 0.1) is 13.2 Å². The van der Waals surface area contributed by atoms with Crippen molar-refractivity contribution in [2.24, 2.45) is 13.0 Å². The summed E-state index contributed by atoms with van der Waals surface area (Å²) in [7, 11) is 3.13. The van der Waals surface area contributed by atoms with Crippen molar-refractivity contribution in [2.45, 2.75) is 19.9 Å². The average molecular weight is 315 g/mol. The number of nitrogens with one attached hydrogen (secondary N) is 1. The molecule has 1 aromatic heterocycles. The number of hydrogen-bond acceptors (Lipinski definition) is 4. The minimum atomic E-state index is -0.310. The summed E-state index contributed by atoms with van der Waals surface area (Å²) in [6, 6.07) is 10.2. The van der Waals surface area contributed by atoms with Crippen molar-refractivity contribution in [3.63, 3.8) is 0 Å². The lowest BCUT2D eigenvalue weighted by molar-refractivity contribution is 0.0918. The van der Waals surface area contributed by atoms with Crippen molar-refractivity contribution in [2.75, 3.05) is 7.11 Å². The molecule has 0 aliphatic carbocycles. The van der Waals surface area contributed by atoms with Crippen LogP contribution >= 0.6 is 0 Å². The van der Waals surface area contributed by atoms with Gasteiger partial charge in [0, 0.05) is 13.1 Å². The van der Waals surface area contributed by atoms with Gasteiger partial charge in [-0.15, -0.1) is 0 Å². The zero-order valence-corrected chi connectivity index (χ0v) is 13.7. The Labute approximate surface area is 135 Å². The van der Waals surface area contributed by atoms with Crippen molar-refractivity contribution in [3.8, 4) is 5.75 Å². The third-order valence-corrected chi connectivity index (χ3v) is 3.62. The molecule has 122 valence electrons.